The summed E-state index contributed by atoms with van der Waals surface area (Å²) in [7, 11) is 1.81. The fraction of sp³-hybridized carbons (Fsp3) is 0.714. The van der Waals surface area contributed by atoms with Crippen LogP contribution in [0.4, 0.5) is 0 Å². The molecule has 0 atom stereocenters. The van der Waals surface area contributed by atoms with Gasteiger partial charge in [-0.3, -0.25) is 0 Å². The van der Waals surface area contributed by atoms with E-state index in [0.29, 0.717) is 6.54 Å². The minimum atomic E-state index is 0.615. The van der Waals surface area contributed by atoms with Crippen molar-refractivity contribution in [3.8, 4) is 0 Å². The van der Waals surface area contributed by atoms with Gasteiger partial charge in [0.05, 0.1) is 0 Å². The highest BCUT2D eigenvalue weighted by Gasteiger charge is 1.82. The second-order valence-electron chi connectivity index (χ2n) is 1.55. The van der Waals surface area contributed by atoms with Crippen molar-refractivity contribution in [1.82, 2.24) is 5.32 Å². The Morgan fingerprint density at radius 2 is 2.00 bits per heavy atom. The molecular formula is C7H19N3. The van der Waals surface area contributed by atoms with Crippen LogP contribution < -0.4 is 16.8 Å². The minimum Gasteiger partial charge on any atom is -0.401 e. The molecule has 0 rings (SSSR count). The van der Waals surface area contributed by atoms with Crippen molar-refractivity contribution in [3.63, 3.8) is 0 Å². The molecule has 62 valence electrons. The Balaban J connectivity index is 0. The molecule has 0 aromatic heterocycles. The Hall–Kier alpha value is -0.700. The maximum Gasteiger partial charge on any atom is 0.0252 e. The third-order valence-electron chi connectivity index (χ3n) is 0.763. The summed E-state index contributed by atoms with van der Waals surface area (Å²) >= 11 is 0. The Morgan fingerprint density at radius 1 is 1.50 bits per heavy atom. The first-order valence-corrected chi connectivity index (χ1v) is 3.63. The van der Waals surface area contributed by atoms with Gasteiger partial charge in [-0.05, 0) is 6.54 Å². The number of hydrogen-bond donors (Lipinski definition) is 3. The van der Waals surface area contributed by atoms with Crippen molar-refractivity contribution in [2.75, 3.05) is 13.6 Å². The first kappa shape index (κ1) is 12.0. The molecule has 0 unspecified atom stereocenters. The van der Waals surface area contributed by atoms with Crippen molar-refractivity contribution in [3.05, 3.63) is 11.9 Å². The van der Waals surface area contributed by atoms with Crippen LogP contribution in [0, 0.1) is 0 Å². The second kappa shape index (κ2) is 11.1. The second-order valence-corrected chi connectivity index (χ2v) is 1.55. The van der Waals surface area contributed by atoms with Gasteiger partial charge in [0.25, 0.3) is 0 Å². The highest BCUT2D eigenvalue weighted by atomic mass is 14.8. The molecule has 0 amide bonds. The molecule has 10 heavy (non-hydrogen) atoms. The molecule has 3 nitrogen and oxygen atoms in total. The number of nitrogens with two attached hydrogens (primary N) is 2. The molecule has 0 spiro atoms. The number of nitrogens with one attached hydrogen (secondary N) is 1. The van der Waals surface area contributed by atoms with E-state index in [9.17, 15) is 0 Å². The van der Waals surface area contributed by atoms with E-state index in [1.807, 2.05) is 20.9 Å². The summed E-state index contributed by atoms with van der Waals surface area (Å²) < 4.78 is 0. The van der Waals surface area contributed by atoms with Crippen molar-refractivity contribution < 1.29 is 0 Å². The zero-order valence-electron chi connectivity index (χ0n) is 7.15. The third kappa shape index (κ3) is 10.3. The van der Waals surface area contributed by atoms with Gasteiger partial charge in [0, 0.05) is 25.4 Å². The summed E-state index contributed by atoms with van der Waals surface area (Å²) in [5.74, 6) is 0. The highest BCUT2D eigenvalue weighted by molar-refractivity contribution is 4.93. The van der Waals surface area contributed by atoms with Crippen LogP contribution in [-0.4, -0.2) is 13.6 Å². The van der Waals surface area contributed by atoms with Gasteiger partial charge in [-0.15, -0.1) is 0 Å². The van der Waals surface area contributed by atoms with Crippen LogP contribution >= 0.6 is 0 Å². The smallest absolute Gasteiger partial charge is 0.0252 e. The lowest BCUT2D eigenvalue weighted by molar-refractivity contribution is 0.910. The molecule has 5 N–H and O–H groups in total. The molecule has 0 aliphatic carbocycles. The summed E-state index contributed by atoms with van der Waals surface area (Å²) in [6.45, 7) is 4.62. The maximum absolute atomic E-state index is 5.41. The molecule has 0 aliphatic heterocycles. The van der Waals surface area contributed by atoms with Gasteiger partial charge in [-0.2, -0.15) is 0 Å². The fourth-order valence-electron chi connectivity index (χ4n) is 0.424. The largest absolute Gasteiger partial charge is 0.401 e. The quantitative estimate of drug-likeness (QED) is 0.538. The van der Waals surface area contributed by atoms with Gasteiger partial charge < -0.3 is 16.8 Å². The summed E-state index contributed by atoms with van der Waals surface area (Å²) in [6.07, 6.45) is 2.51. The predicted molar refractivity (Wildman–Crippen MR) is 46.3 cm³/mol. The molecule has 3 heteroatoms. The van der Waals surface area contributed by atoms with E-state index in [-0.39, 0.29) is 0 Å². The summed E-state index contributed by atoms with van der Waals surface area (Å²) in [5, 5.41) is 2.81. The standard InChI is InChI=1S/C5H13N3.C2H6/c1-8-4-5(7)2-3-6;1-2/h4,8H,2-3,6-7H2,1H3;1-2H3/b5-4-;. The SMILES string of the molecule is CC.CN/C=C(\N)CCN. The fourth-order valence-corrected chi connectivity index (χ4v) is 0.424. The molecule has 0 radical (unpaired) electrons. The minimum absolute atomic E-state index is 0.615. The van der Waals surface area contributed by atoms with Crippen molar-refractivity contribution in [2.24, 2.45) is 11.5 Å². The van der Waals surface area contributed by atoms with Crippen molar-refractivity contribution in [1.29, 1.82) is 0 Å². The monoisotopic (exact) mass is 145 g/mol. The molecule has 0 bridgehead atoms. The van der Waals surface area contributed by atoms with Crippen LogP contribution in [0.5, 0.6) is 0 Å². The van der Waals surface area contributed by atoms with Gasteiger partial charge in [-0.25, -0.2) is 0 Å². The van der Waals surface area contributed by atoms with Crippen LogP contribution in [0.3, 0.4) is 0 Å². The highest BCUT2D eigenvalue weighted by Crippen LogP contribution is 1.84. The Labute approximate surface area is 63.5 Å². The van der Waals surface area contributed by atoms with E-state index in [4.69, 9.17) is 11.5 Å². The molecule has 0 aromatic rings. The zero-order valence-corrected chi connectivity index (χ0v) is 7.15. The third-order valence-corrected chi connectivity index (χ3v) is 0.763. The lowest BCUT2D eigenvalue weighted by atomic mass is 10.3. The lowest BCUT2D eigenvalue weighted by Gasteiger charge is -1.95. The molecule has 0 aliphatic rings. The van der Waals surface area contributed by atoms with Crippen LogP contribution in [0.2, 0.25) is 0 Å². The molecule has 0 fully saturated rings. The van der Waals surface area contributed by atoms with Gasteiger partial charge >= 0.3 is 0 Å². The van der Waals surface area contributed by atoms with E-state index in [2.05, 4.69) is 5.32 Å². The first-order chi connectivity index (χ1) is 4.81. The Kier molecular flexibility index (Phi) is 13.4. The molecule has 0 heterocycles. The van der Waals surface area contributed by atoms with E-state index in [1.54, 1.807) is 6.20 Å². The molecule has 0 saturated carbocycles. The molecule has 0 saturated heterocycles. The zero-order chi connectivity index (χ0) is 8.41. The van der Waals surface area contributed by atoms with E-state index in [1.165, 1.54) is 0 Å². The van der Waals surface area contributed by atoms with Crippen LogP contribution in [0.1, 0.15) is 20.3 Å². The summed E-state index contributed by atoms with van der Waals surface area (Å²) in [5.41, 5.74) is 11.4. The molecule has 0 aromatic carbocycles. The average Bonchev–Trinajstić information content (AvgIpc) is 1.93. The van der Waals surface area contributed by atoms with Crippen LogP contribution in [0.15, 0.2) is 11.9 Å². The summed E-state index contributed by atoms with van der Waals surface area (Å²) in [6, 6.07) is 0. The van der Waals surface area contributed by atoms with E-state index in [0.717, 1.165) is 12.1 Å². The normalized spacial score (nSPS) is 9.80. The Morgan fingerprint density at radius 3 is 2.30 bits per heavy atom. The number of rotatable bonds is 3. The molecular weight excluding hydrogens is 126 g/mol. The first-order valence-electron chi connectivity index (χ1n) is 3.63. The summed E-state index contributed by atoms with van der Waals surface area (Å²) in [4.78, 5) is 0. The topological polar surface area (TPSA) is 64.1 Å². The van der Waals surface area contributed by atoms with Crippen molar-refractivity contribution in [2.45, 2.75) is 20.3 Å². The van der Waals surface area contributed by atoms with Crippen molar-refractivity contribution >= 4 is 0 Å². The van der Waals surface area contributed by atoms with Gasteiger partial charge in [0.2, 0.25) is 0 Å². The van der Waals surface area contributed by atoms with Crippen LogP contribution in [-0.2, 0) is 0 Å². The van der Waals surface area contributed by atoms with E-state index >= 15 is 0 Å². The predicted octanol–water partition coefficient (Wildman–Crippen LogP) is 0.381. The number of hydrogen-bond acceptors (Lipinski definition) is 3. The maximum atomic E-state index is 5.41. The van der Waals surface area contributed by atoms with Gasteiger partial charge in [0.15, 0.2) is 0 Å². The van der Waals surface area contributed by atoms with Crippen LogP contribution in [0.25, 0.3) is 0 Å². The Bertz CT molecular complexity index is 78.9. The van der Waals surface area contributed by atoms with Gasteiger partial charge in [-0.1, -0.05) is 13.8 Å². The average molecular weight is 145 g/mol. The van der Waals surface area contributed by atoms with E-state index < -0.39 is 0 Å². The lowest BCUT2D eigenvalue weighted by Crippen LogP contribution is -2.09. The van der Waals surface area contributed by atoms with Gasteiger partial charge in [0.1, 0.15) is 0 Å².